The number of aromatic nitrogens is 5. The Labute approximate surface area is 179 Å². The van der Waals surface area contributed by atoms with Crippen LogP contribution >= 0.6 is 15.9 Å². The molecule has 2 fully saturated rings. The largest absolute Gasteiger partial charge is 0.356 e. The van der Waals surface area contributed by atoms with Gasteiger partial charge in [0.1, 0.15) is 5.82 Å². The molecule has 0 amide bonds. The van der Waals surface area contributed by atoms with E-state index in [1.807, 2.05) is 34.8 Å². The van der Waals surface area contributed by atoms with Gasteiger partial charge in [-0.1, -0.05) is 12.8 Å². The molecule has 5 rings (SSSR count). The Hall–Kier alpha value is -1.93. The molecule has 154 valence electrons. The van der Waals surface area contributed by atoms with Gasteiger partial charge >= 0.3 is 0 Å². The van der Waals surface area contributed by atoms with Crippen LogP contribution in [0, 0.1) is 0 Å². The van der Waals surface area contributed by atoms with E-state index in [0.29, 0.717) is 12.0 Å². The van der Waals surface area contributed by atoms with Crippen LogP contribution in [0.15, 0.2) is 23.1 Å². The van der Waals surface area contributed by atoms with Gasteiger partial charge < -0.3 is 10.2 Å². The van der Waals surface area contributed by atoms with Crippen molar-refractivity contribution in [1.29, 1.82) is 0 Å². The van der Waals surface area contributed by atoms with Crippen LogP contribution in [0.2, 0.25) is 0 Å². The minimum atomic E-state index is 0.413. The molecule has 3 aromatic heterocycles. The Morgan fingerprint density at radius 3 is 2.66 bits per heavy atom. The van der Waals surface area contributed by atoms with Crippen LogP contribution in [0.25, 0.3) is 16.8 Å². The maximum Gasteiger partial charge on any atom is 0.165 e. The Kier molecular flexibility index (Phi) is 5.07. The lowest BCUT2D eigenvalue weighted by Gasteiger charge is -2.30. The third-order valence-electron chi connectivity index (χ3n) is 6.50. The van der Waals surface area contributed by atoms with Gasteiger partial charge in [-0.2, -0.15) is 14.7 Å². The standard InChI is InChI=1S/C21H28BrN7/c1-27-13-15(11-24-27)17-12-25-29-20(17)26-19(14-6-5-9-23-10-14)18(22)21(29)28(2)16-7-3-4-8-16/h11-14,16,23H,3-10H2,1-2H3. The molecule has 1 unspecified atom stereocenters. The molecule has 7 nitrogen and oxygen atoms in total. The summed E-state index contributed by atoms with van der Waals surface area (Å²) >= 11 is 3.95. The van der Waals surface area contributed by atoms with E-state index < -0.39 is 0 Å². The van der Waals surface area contributed by atoms with Gasteiger partial charge in [-0.25, -0.2) is 4.98 Å². The minimum absolute atomic E-state index is 0.413. The lowest BCUT2D eigenvalue weighted by atomic mass is 9.95. The molecule has 4 heterocycles. The molecule has 1 atom stereocenters. The number of fused-ring (bicyclic) bond motifs is 1. The van der Waals surface area contributed by atoms with Crippen molar-refractivity contribution in [2.24, 2.45) is 7.05 Å². The van der Waals surface area contributed by atoms with Crippen LogP contribution in [0.3, 0.4) is 0 Å². The summed E-state index contributed by atoms with van der Waals surface area (Å²) in [5, 5.41) is 12.7. The number of anilines is 1. The van der Waals surface area contributed by atoms with Gasteiger partial charge in [0.15, 0.2) is 5.65 Å². The average molecular weight is 458 g/mol. The molecule has 0 radical (unpaired) electrons. The molecule has 0 aromatic carbocycles. The number of halogens is 1. The second-order valence-electron chi connectivity index (χ2n) is 8.42. The third-order valence-corrected chi connectivity index (χ3v) is 7.26. The molecule has 29 heavy (non-hydrogen) atoms. The van der Waals surface area contributed by atoms with Gasteiger partial charge in [-0.3, -0.25) is 4.68 Å². The Bertz CT molecular complexity index is 1010. The van der Waals surface area contributed by atoms with E-state index in [-0.39, 0.29) is 0 Å². The minimum Gasteiger partial charge on any atom is -0.356 e. The fourth-order valence-electron chi connectivity index (χ4n) is 4.86. The highest BCUT2D eigenvalue weighted by Crippen LogP contribution is 2.39. The summed E-state index contributed by atoms with van der Waals surface area (Å²) in [7, 11) is 4.15. The maximum absolute atomic E-state index is 5.16. The smallest absolute Gasteiger partial charge is 0.165 e. The first kappa shape index (κ1) is 19.1. The summed E-state index contributed by atoms with van der Waals surface area (Å²) in [5.41, 5.74) is 4.16. The molecule has 1 aliphatic carbocycles. The molecular weight excluding hydrogens is 430 g/mol. The van der Waals surface area contributed by atoms with Crippen molar-refractivity contribution >= 4 is 27.4 Å². The van der Waals surface area contributed by atoms with Crippen LogP contribution < -0.4 is 10.2 Å². The van der Waals surface area contributed by atoms with Crippen LogP contribution in [-0.4, -0.2) is 50.6 Å². The van der Waals surface area contributed by atoms with Crippen molar-refractivity contribution < 1.29 is 0 Å². The SMILES string of the molecule is CN(c1c(Br)c(C2CCCNC2)nc2c(-c3cnn(C)c3)cnn12)C1CCCC1. The summed E-state index contributed by atoms with van der Waals surface area (Å²) in [6.45, 7) is 2.07. The first-order valence-corrected chi connectivity index (χ1v) is 11.4. The third kappa shape index (κ3) is 3.36. The summed E-state index contributed by atoms with van der Waals surface area (Å²) in [6, 6.07) is 0.556. The maximum atomic E-state index is 5.16. The van der Waals surface area contributed by atoms with Crippen molar-refractivity contribution in [3.8, 4) is 11.1 Å². The highest BCUT2D eigenvalue weighted by atomic mass is 79.9. The number of nitrogens with one attached hydrogen (secondary N) is 1. The number of piperidine rings is 1. The van der Waals surface area contributed by atoms with Gasteiger partial charge in [-0.05, 0) is 48.2 Å². The Balaban J connectivity index is 1.70. The molecule has 3 aromatic rings. The monoisotopic (exact) mass is 457 g/mol. The first-order valence-electron chi connectivity index (χ1n) is 10.6. The Morgan fingerprint density at radius 2 is 1.97 bits per heavy atom. The molecule has 1 aliphatic heterocycles. The van der Waals surface area contributed by atoms with Gasteiger partial charge in [0.25, 0.3) is 0 Å². The average Bonchev–Trinajstić information content (AvgIpc) is 3.48. The molecule has 8 heteroatoms. The topological polar surface area (TPSA) is 63.3 Å². The zero-order valence-electron chi connectivity index (χ0n) is 17.1. The van der Waals surface area contributed by atoms with Crippen molar-refractivity contribution in [1.82, 2.24) is 29.7 Å². The van der Waals surface area contributed by atoms with Gasteiger partial charge in [0.05, 0.1) is 22.6 Å². The van der Waals surface area contributed by atoms with Gasteiger partial charge in [0, 0.05) is 49.9 Å². The molecule has 0 bridgehead atoms. The molecule has 1 saturated heterocycles. The van der Waals surface area contributed by atoms with Gasteiger partial charge in [-0.15, -0.1) is 0 Å². The zero-order chi connectivity index (χ0) is 20.0. The second kappa shape index (κ2) is 7.72. The second-order valence-corrected chi connectivity index (χ2v) is 9.22. The van der Waals surface area contributed by atoms with E-state index in [1.54, 1.807) is 0 Å². The molecule has 1 N–H and O–H groups in total. The van der Waals surface area contributed by atoms with Gasteiger partial charge in [0.2, 0.25) is 0 Å². The summed E-state index contributed by atoms with van der Waals surface area (Å²) in [5.74, 6) is 1.54. The predicted molar refractivity (Wildman–Crippen MR) is 118 cm³/mol. The number of hydrogen-bond donors (Lipinski definition) is 1. The summed E-state index contributed by atoms with van der Waals surface area (Å²) < 4.78 is 4.94. The van der Waals surface area contributed by atoms with Crippen molar-refractivity contribution in [2.45, 2.75) is 50.5 Å². The van der Waals surface area contributed by atoms with Crippen molar-refractivity contribution in [3.05, 3.63) is 28.8 Å². The fraction of sp³-hybridized carbons (Fsp3) is 0.571. The molecule has 0 spiro atoms. The fourth-order valence-corrected chi connectivity index (χ4v) is 5.72. The molecular formula is C21H28BrN7. The Morgan fingerprint density at radius 1 is 1.14 bits per heavy atom. The van der Waals surface area contributed by atoms with E-state index in [1.165, 1.54) is 32.1 Å². The van der Waals surface area contributed by atoms with E-state index in [4.69, 9.17) is 10.1 Å². The predicted octanol–water partition coefficient (Wildman–Crippen LogP) is 3.74. The van der Waals surface area contributed by atoms with Crippen molar-refractivity contribution in [3.63, 3.8) is 0 Å². The molecule has 2 aliphatic rings. The number of rotatable bonds is 4. The normalized spacial score (nSPS) is 20.6. The first-order chi connectivity index (χ1) is 14.1. The number of nitrogens with zero attached hydrogens (tertiary/aromatic N) is 6. The quantitative estimate of drug-likeness (QED) is 0.646. The highest BCUT2D eigenvalue weighted by Gasteiger charge is 2.29. The molecule has 1 saturated carbocycles. The van der Waals surface area contributed by atoms with Crippen LogP contribution in [0.5, 0.6) is 0 Å². The van der Waals surface area contributed by atoms with E-state index in [0.717, 1.165) is 52.3 Å². The summed E-state index contributed by atoms with van der Waals surface area (Å²) in [6.07, 6.45) is 13.3. The van der Waals surface area contributed by atoms with Crippen LogP contribution in [0.4, 0.5) is 5.82 Å². The van der Waals surface area contributed by atoms with Crippen molar-refractivity contribution in [2.75, 3.05) is 25.0 Å². The van der Waals surface area contributed by atoms with Crippen LogP contribution in [0.1, 0.15) is 50.1 Å². The summed E-state index contributed by atoms with van der Waals surface area (Å²) in [4.78, 5) is 7.59. The van der Waals surface area contributed by atoms with E-state index in [9.17, 15) is 0 Å². The highest BCUT2D eigenvalue weighted by molar-refractivity contribution is 9.10. The number of aryl methyl sites for hydroxylation is 1. The van der Waals surface area contributed by atoms with E-state index in [2.05, 4.69) is 38.3 Å². The zero-order valence-corrected chi connectivity index (χ0v) is 18.7. The van der Waals surface area contributed by atoms with Crippen LogP contribution in [-0.2, 0) is 7.05 Å². The lowest BCUT2D eigenvalue weighted by Crippen LogP contribution is -2.33. The van der Waals surface area contributed by atoms with E-state index >= 15 is 0 Å². The lowest BCUT2D eigenvalue weighted by molar-refractivity contribution is 0.453. The number of hydrogen-bond acceptors (Lipinski definition) is 5.